The first-order valence-electron chi connectivity index (χ1n) is 4.92. The van der Waals surface area contributed by atoms with Gasteiger partial charge in [-0.05, 0) is 25.1 Å². The molecule has 1 N–H and O–H groups in total. The van der Waals surface area contributed by atoms with E-state index in [1.807, 2.05) is 0 Å². The van der Waals surface area contributed by atoms with Crippen LogP contribution >= 0.6 is 0 Å². The van der Waals surface area contributed by atoms with Gasteiger partial charge < -0.3 is 9.73 Å². The summed E-state index contributed by atoms with van der Waals surface area (Å²) >= 11 is 0. The Morgan fingerprint density at radius 3 is 2.56 bits per heavy atom. The zero-order chi connectivity index (χ0) is 12.2. The second-order valence-corrected chi connectivity index (χ2v) is 3.38. The van der Waals surface area contributed by atoms with E-state index in [4.69, 9.17) is 4.42 Å². The molecule has 0 saturated heterocycles. The molecular formula is C10H13F4NO. The van der Waals surface area contributed by atoms with Gasteiger partial charge in [-0.15, -0.1) is 0 Å². The number of halogens is 4. The highest BCUT2D eigenvalue weighted by Gasteiger charge is 2.50. The highest BCUT2D eigenvalue weighted by Crippen LogP contribution is 2.36. The highest BCUT2D eigenvalue weighted by atomic mass is 19.3. The van der Waals surface area contributed by atoms with Crippen molar-refractivity contribution < 1.29 is 22.0 Å². The van der Waals surface area contributed by atoms with Crippen molar-refractivity contribution in [2.75, 3.05) is 6.54 Å². The molecule has 0 saturated carbocycles. The van der Waals surface area contributed by atoms with Crippen molar-refractivity contribution in [2.24, 2.45) is 0 Å². The van der Waals surface area contributed by atoms with E-state index < -0.39 is 18.4 Å². The maximum absolute atomic E-state index is 13.2. The minimum absolute atomic E-state index is 0.182. The standard InChI is InChI=1S/C10H13F4NO/c1-2-5-15-8(7-4-3-6-16-7)10(13,14)9(11)12/h3-4,6,8-9,15H,2,5H2,1H3. The molecular weight excluding hydrogens is 226 g/mol. The molecule has 0 bridgehead atoms. The molecule has 2 nitrogen and oxygen atoms in total. The van der Waals surface area contributed by atoms with E-state index in [1.54, 1.807) is 6.92 Å². The van der Waals surface area contributed by atoms with Crippen LogP contribution in [0.25, 0.3) is 0 Å². The van der Waals surface area contributed by atoms with E-state index in [0.717, 1.165) is 0 Å². The first kappa shape index (κ1) is 13.0. The average Bonchev–Trinajstić information content (AvgIpc) is 2.71. The third kappa shape index (κ3) is 2.75. The van der Waals surface area contributed by atoms with Crippen molar-refractivity contribution in [3.05, 3.63) is 24.2 Å². The fourth-order valence-corrected chi connectivity index (χ4v) is 1.30. The molecule has 0 amide bonds. The monoisotopic (exact) mass is 239 g/mol. The van der Waals surface area contributed by atoms with Gasteiger partial charge in [0.25, 0.3) is 0 Å². The molecule has 16 heavy (non-hydrogen) atoms. The van der Waals surface area contributed by atoms with Crippen molar-refractivity contribution in [1.82, 2.24) is 5.32 Å². The molecule has 1 heterocycles. The number of nitrogens with one attached hydrogen (secondary N) is 1. The molecule has 1 aromatic heterocycles. The molecule has 0 aliphatic rings. The van der Waals surface area contributed by atoms with Gasteiger partial charge in [0.05, 0.1) is 6.26 Å². The lowest BCUT2D eigenvalue weighted by molar-refractivity contribution is -0.154. The predicted molar refractivity (Wildman–Crippen MR) is 50.7 cm³/mol. The van der Waals surface area contributed by atoms with Gasteiger partial charge in [0.2, 0.25) is 0 Å². The molecule has 0 spiro atoms. The van der Waals surface area contributed by atoms with Gasteiger partial charge in [0, 0.05) is 0 Å². The summed E-state index contributed by atoms with van der Waals surface area (Å²) in [4.78, 5) is 0. The lowest BCUT2D eigenvalue weighted by atomic mass is 10.1. The molecule has 0 radical (unpaired) electrons. The van der Waals surface area contributed by atoms with Crippen LogP contribution in [0.1, 0.15) is 25.1 Å². The maximum Gasteiger partial charge on any atom is 0.329 e. The van der Waals surface area contributed by atoms with Crippen LogP contribution in [-0.2, 0) is 0 Å². The molecule has 0 aromatic carbocycles. The summed E-state index contributed by atoms with van der Waals surface area (Å²) < 4.78 is 55.7. The van der Waals surface area contributed by atoms with Crippen LogP contribution in [0.5, 0.6) is 0 Å². The summed E-state index contributed by atoms with van der Waals surface area (Å²) in [6, 6.07) is 0.851. The van der Waals surface area contributed by atoms with Crippen molar-refractivity contribution >= 4 is 0 Å². The molecule has 6 heteroatoms. The van der Waals surface area contributed by atoms with E-state index in [1.165, 1.54) is 18.4 Å². The van der Waals surface area contributed by atoms with Crippen LogP contribution in [0.3, 0.4) is 0 Å². The van der Waals surface area contributed by atoms with Gasteiger partial charge in [0.15, 0.2) is 0 Å². The summed E-state index contributed by atoms with van der Waals surface area (Å²) in [6.45, 7) is 1.97. The zero-order valence-corrected chi connectivity index (χ0v) is 8.72. The Bertz CT molecular complexity index is 300. The number of furan rings is 1. The van der Waals surface area contributed by atoms with Crippen LogP contribution in [0.4, 0.5) is 17.6 Å². The van der Waals surface area contributed by atoms with Crippen LogP contribution in [0, 0.1) is 0 Å². The number of hydrogen-bond donors (Lipinski definition) is 1. The molecule has 1 atom stereocenters. The van der Waals surface area contributed by atoms with E-state index in [9.17, 15) is 17.6 Å². The third-order valence-electron chi connectivity index (χ3n) is 2.10. The molecule has 92 valence electrons. The van der Waals surface area contributed by atoms with E-state index in [-0.39, 0.29) is 12.3 Å². The van der Waals surface area contributed by atoms with Gasteiger partial charge in [-0.2, -0.15) is 8.78 Å². The maximum atomic E-state index is 13.2. The average molecular weight is 239 g/mol. The van der Waals surface area contributed by atoms with Gasteiger partial charge in [-0.1, -0.05) is 6.92 Å². The Kier molecular flexibility index (Phi) is 4.35. The van der Waals surface area contributed by atoms with Crippen LogP contribution in [0.15, 0.2) is 22.8 Å². The van der Waals surface area contributed by atoms with Crippen molar-refractivity contribution in [2.45, 2.75) is 31.7 Å². The Morgan fingerprint density at radius 2 is 2.12 bits per heavy atom. The first-order valence-corrected chi connectivity index (χ1v) is 4.92. The quantitative estimate of drug-likeness (QED) is 0.771. The second-order valence-electron chi connectivity index (χ2n) is 3.38. The minimum atomic E-state index is -4.15. The largest absolute Gasteiger partial charge is 0.467 e. The normalized spacial score (nSPS) is 14.4. The molecule has 0 fully saturated rings. The van der Waals surface area contributed by atoms with Gasteiger partial charge >= 0.3 is 12.3 Å². The Morgan fingerprint density at radius 1 is 1.44 bits per heavy atom. The number of rotatable bonds is 6. The van der Waals surface area contributed by atoms with Gasteiger partial charge in [0.1, 0.15) is 11.8 Å². The van der Waals surface area contributed by atoms with Crippen LogP contribution in [0.2, 0.25) is 0 Å². The van der Waals surface area contributed by atoms with Crippen molar-refractivity contribution in [3.63, 3.8) is 0 Å². The SMILES string of the molecule is CCCNC(c1ccco1)C(F)(F)C(F)F. The van der Waals surface area contributed by atoms with Crippen LogP contribution < -0.4 is 5.32 Å². The third-order valence-corrected chi connectivity index (χ3v) is 2.10. The Labute approximate surface area is 90.6 Å². The van der Waals surface area contributed by atoms with Crippen molar-refractivity contribution in [1.29, 1.82) is 0 Å². The fraction of sp³-hybridized carbons (Fsp3) is 0.600. The Hall–Kier alpha value is -1.04. The smallest absolute Gasteiger partial charge is 0.329 e. The second kappa shape index (κ2) is 5.34. The fourth-order valence-electron chi connectivity index (χ4n) is 1.30. The Balaban J connectivity index is 2.87. The first-order chi connectivity index (χ1) is 7.50. The van der Waals surface area contributed by atoms with Gasteiger partial charge in [-0.3, -0.25) is 0 Å². The van der Waals surface area contributed by atoms with Gasteiger partial charge in [-0.25, -0.2) is 8.78 Å². The van der Waals surface area contributed by atoms with E-state index >= 15 is 0 Å². The predicted octanol–water partition coefficient (Wildman–Crippen LogP) is 3.22. The summed E-state index contributed by atoms with van der Waals surface area (Å²) in [7, 11) is 0. The van der Waals surface area contributed by atoms with E-state index in [2.05, 4.69) is 5.32 Å². The molecule has 0 aliphatic carbocycles. The lowest BCUT2D eigenvalue weighted by Crippen LogP contribution is -2.42. The molecule has 1 aromatic rings. The zero-order valence-electron chi connectivity index (χ0n) is 8.72. The highest BCUT2D eigenvalue weighted by molar-refractivity contribution is 5.09. The number of hydrogen-bond acceptors (Lipinski definition) is 2. The van der Waals surface area contributed by atoms with Crippen molar-refractivity contribution in [3.8, 4) is 0 Å². The summed E-state index contributed by atoms with van der Waals surface area (Å²) in [6.07, 6.45) is -1.99. The topological polar surface area (TPSA) is 25.2 Å². The molecule has 1 unspecified atom stereocenters. The summed E-state index contributed by atoms with van der Waals surface area (Å²) in [5.41, 5.74) is 0. The number of alkyl halides is 4. The minimum Gasteiger partial charge on any atom is -0.467 e. The lowest BCUT2D eigenvalue weighted by Gasteiger charge is -2.25. The molecule has 1 rings (SSSR count). The summed E-state index contributed by atoms with van der Waals surface area (Å²) in [5.74, 6) is -4.33. The summed E-state index contributed by atoms with van der Waals surface area (Å²) in [5, 5.41) is 2.37. The van der Waals surface area contributed by atoms with E-state index in [0.29, 0.717) is 6.42 Å². The van der Waals surface area contributed by atoms with Crippen LogP contribution in [-0.4, -0.2) is 18.9 Å². The molecule has 0 aliphatic heterocycles.